The molecule has 2 N–H and O–H groups in total. The van der Waals surface area contributed by atoms with E-state index < -0.39 is 0 Å². The molecule has 14 heavy (non-hydrogen) atoms. The lowest BCUT2D eigenvalue weighted by molar-refractivity contribution is 0.342. The van der Waals surface area contributed by atoms with Crippen molar-refractivity contribution in [3.8, 4) is 0 Å². The molecule has 0 saturated heterocycles. The number of nitrogens with one attached hydrogen (secondary N) is 2. The lowest BCUT2D eigenvalue weighted by atomic mass is 9.93. The van der Waals surface area contributed by atoms with Crippen LogP contribution in [0.25, 0.3) is 0 Å². The smallest absolute Gasteiger partial charge is 0.0626 e. The lowest BCUT2D eigenvalue weighted by Gasteiger charge is -2.26. The summed E-state index contributed by atoms with van der Waals surface area (Å²) in [7, 11) is 0. The molecule has 0 amide bonds. The zero-order valence-corrected chi connectivity index (χ0v) is 9.06. The van der Waals surface area contributed by atoms with E-state index in [-0.39, 0.29) is 0 Å². The van der Waals surface area contributed by atoms with Gasteiger partial charge in [0.05, 0.1) is 5.69 Å². The van der Waals surface area contributed by atoms with E-state index in [1.54, 1.807) is 0 Å². The summed E-state index contributed by atoms with van der Waals surface area (Å²) in [6, 6.07) is 0.794. The number of nitrogens with zero attached hydrogens (tertiary/aromatic N) is 1. The molecule has 0 spiro atoms. The molecule has 1 saturated carbocycles. The maximum Gasteiger partial charge on any atom is 0.0626 e. The van der Waals surface area contributed by atoms with Gasteiger partial charge >= 0.3 is 0 Å². The van der Waals surface area contributed by atoms with Gasteiger partial charge in [-0.15, -0.1) is 0 Å². The predicted molar refractivity (Wildman–Crippen MR) is 57.4 cm³/mol. The van der Waals surface area contributed by atoms with Crippen molar-refractivity contribution in [3.63, 3.8) is 0 Å². The molecule has 3 heteroatoms. The minimum absolute atomic E-state index is 0.794. The SMILES string of the molecule is Cc1n[nH]c(C)c1CCNC1CCC1. The number of H-pyrrole nitrogens is 1. The molecule has 2 rings (SSSR count). The molecule has 1 aliphatic rings. The van der Waals surface area contributed by atoms with E-state index in [9.17, 15) is 0 Å². The Balaban J connectivity index is 1.79. The first-order valence-electron chi connectivity index (χ1n) is 5.51. The molecule has 0 aromatic carbocycles. The Labute approximate surface area is 85.3 Å². The van der Waals surface area contributed by atoms with Gasteiger partial charge in [0, 0.05) is 11.7 Å². The third-order valence-corrected chi connectivity index (χ3v) is 3.19. The fraction of sp³-hybridized carbons (Fsp3) is 0.727. The maximum absolute atomic E-state index is 4.20. The van der Waals surface area contributed by atoms with E-state index in [4.69, 9.17) is 0 Å². The quantitative estimate of drug-likeness (QED) is 0.764. The number of aryl methyl sites for hydroxylation is 2. The Kier molecular flexibility index (Phi) is 2.87. The molecule has 1 aliphatic carbocycles. The summed E-state index contributed by atoms with van der Waals surface area (Å²) < 4.78 is 0. The van der Waals surface area contributed by atoms with E-state index in [1.165, 1.54) is 30.5 Å². The summed E-state index contributed by atoms with van der Waals surface area (Å²) >= 11 is 0. The number of rotatable bonds is 4. The van der Waals surface area contributed by atoms with Crippen LogP contribution in [-0.4, -0.2) is 22.8 Å². The summed E-state index contributed by atoms with van der Waals surface area (Å²) in [6.45, 7) is 5.26. The molecule has 0 atom stereocenters. The van der Waals surface area contributed by atoms with Crippen LogP contribution in [0.4, 0.5) is 0 Å². The van der Waals surface area contributed by atoms with E-state index in [0.29, 0.717) is 0 Å². The van der Waals surface area contributed by atoms with Crippen molar-refractivity contribution in [2.24, 2.45) is 0 Å². The second-order valence-corrected chi connectivity index (χ2v) is 4.24. The molecule has 1 heterocycles. The zero-order valence-electron chi connectivity index (χ0n) is 9.06. The van der Waals surface area contributed by atoms with E-state index >= 15 is 0 Å². The first-order chi connectivity index (χ1) is 6.77. The zero-order chi connectivity index (χ0) is 9.97. The first kappa shape index (κ1) is 9.71. The Bertz CT molecular complexity index is 280. The second kappa shape index (κ2) is 4.13. The van der Waals surface area contributed by atoms with Gasteiger partial charge in [0.1, 0.15) is 0 Å². The summed E-state index contributed by atoms with van der Waals surface area (Å²) in [4.78, 5) is 0. The molecule has 3 nitrogen and oxygen atoms in total. The Morgan fingerprint density at radius 2 is 2.21 bits per heavy atom. The number of hydrogen-bond acceptors (Lipinski definition) is 2. The lowest BCUT2D eigenvalue weighted by Crippen LogP contribution is -2.36. The van der Waals surface area contributed by atoms with Crippen molar-refractivity contribution in [1.82, 2.24) is 15.5 Å². The Morgan fingerprint density at radius 3 is 2.71 bits per heavy atom. The molecule has 1 aromatic rings. The highest BCUT2D eigenvalue weighted by Gasteiger charge is 2.16. The van der Waals surface area contributed by atoms with Crippen molar-refractivity contribution >= 4 is 0 Å². The minimum Gasteiger partial charge on any atom is -0.314 e. The molecule has 78 valence electrons. The molecule has 0 radical (unpaired) electrons. The van der Waals surface area contributed by atoms with E-state index in [0.717, 1.165) is 24.7 Å². The maximum atomic E-state index is 4.20. The number of hydrogen-bond donors (Lipinski definition) is 2. The van der Waals surface area contributed by atoms with Gasteiger partial charge in [-0.3, -0.25) is 5.10 Å². The van der Waals surface area contributed by atoms with Gasteiger partial charge in [0.2, 0.25) is 0 Å². The second-order valence-electron chi connectivity index (χ2n) is 4.24. The molecule has 1 aromatic heterocycles. The molecule has 0 unspecified atom stereocenters. The third-order valence-electron chi connectivity index (χ3n) is 3.19. The van der Waals surface area contributed by atoms with Gasteiger partial charge in [-0.1, -0.05) is 6.42 Å². The minimum atomic E-state index is 0.794. The van der Waals surface area contributed by atoms with Crippen molar-refractivity contribution in [3.05, 3.63) is 17.0 Å². The fourth-order valence-electron chi connectivity index (χ4n) is 1.96. The van der Waals surface area contributed by atoms with Gasteiger partial charge in [-0.2, -0.15) is 5.10 Å². The Hall–Kier alpha value is -0.830. The third kappa shape index (κ3) is 1.98. The van der Waals surface area contributed by atoms with E-state index in [1.807, 2.05) is 0 Å². The van der Waals surface area contributed by atoms with Gasteiger partial charge in [0.15, 0.2) is 0 Å². The standard InChI is InChI=1S/C11H19N3/c1-8-11(9(2)14-13-8)6-7-12-10-4-3-5-10/h10,12H,3-7H2,1-2H3,(H,13,14). The summed E-state index contributed by atoms with van der Waals surface area (Å²) in [5, 5.41) is 10.8. The van der Waals surface area contributed by atoms with Crippen LogP contribution in [0.1, 0.15) is 36.2 Å². The summed E-state index contributed by atoms with van der Waals surface area (Å²) in [5.74, 6) is 0. The van der Waals surface area contributed by atoms with Crippen LogP contribution in [-0.2, 0) is 6.42 Å². The van der Waals surface area contributed by atoms with Crippen molar-refractivity contribution in [2.75, 3.05) is 6.54 Å². The average Bonchev–Trinajstić information content (AvgIpc) is 2.39. The van der Waals surface area contributed by atoms with Crippen molar-refractivity contribution in [2.45, 2.75) is 45.6 Å². The topological polar surface area (TPSA) is 40.7 Å². The van der Waals surface area contributed by atoms with Crippen molar-refractivity contribution < 1.29 is 0 Å². The van der Waals surface area contributed by atoms with Crippen LogP contribution >= 0.6 is 0 Å². The highest BCUT2D eigenvalue weighted by atomic mass is 15.1. The largest absolute Gasteiger partial charge is 0.314 e. The van der Waals surface area contributed by atoms with Gasteiger partial charge in [0.25, 0.3) is 0 Å². The van der Waals surface area contributed by atoms with Gasteiger partial charge in [-0.05, 0) is 45.2 Å². The number of aromatic amines is 1. The molecule has 0 bridgehead atoms. The van der Waals surface area contributed by atoms with Crippen LogP contribution in [0.3, 0.4) is 0 Å². The molecular formula is C11H19N3. The normalized spacial score (nSPS) is 17.0. The monoisotopic (exact) mass is 193 g/mol. The van der Waals surface area contributed by atoms with Crippen LogP contribution in [0.15, 0.2) is 0 Å². The van der Waals surface area contributed by atoms with Gasteiger partial charge < -0.3 is 5.32 Å². The highest BCUT2D eigenvalue weighted by Crippen LogP contribution is 2.18. The van der Waals surface area contributed by atoms with Crippen LogP contribution < -0.4 is 5.32 Å². The average molecular weight is 193 g/mol. The van der Waals surface area contributed by atoms with Gasteiger partial charge in [-0.25, -0.2) is 0 Å². The van der Waals surface area contributed by atoms with Crippen molar-refractivity contribution in [1.29, 1.82) is 0 Å². The summed E-state index contributed by atoms with van der Waals surface area (Å²) in [5.41, 5.74) is 3.76. The van der Waals surface area contributed by atoms with Crippen LogP contribution in [0.2, 0.25) is 0 Å². The molecule has 1 fully saturated rings. The number of aromatic nitrogens is 2. The Morgan fingerprint density at radius 1 is 1.43 bits per heavy atom. The highest BCUT2D eigenvalue weighted by molar-refractivity contribution is 5.23. The summed E-state index contributed by atoms with van der Waals surface area (Å²) in [6.07, 6.45) is 5.23. The van der Waals surface area contributed by atoms with Crippen LogP contribution in [0.5, 0.6) is 0 Å². The molecular weight excluding hydrogens is 174 g/mol. The molecule has 0 aliphatic heterocycles. The van der Waals surface area contributed by atoms with E-state index in [2.05, 4.69) is 29.4 Å². The van der Waals surface area contributed by atoms with Crippen LogP contribution in [0, 0.1) is 13.8 Å². The predicted octanol–water partition coefficient (Wildman–Crippen LogP) is 1.71. The fourth-order valence-corrected chi connectivity index (χ4v) is 1.96. The first-order valence-corrected chi connectivity index (χ1v) is 5.51.